The molecule has 0 saturated heterocycles. The van der Waals surface area contributed by atoms with E-state index in [2.05, 4.69) is 143 Å². The molecule has 2 heteroatoms. The molecule has 0 N–H and O–H groups in total. The number of fused-ring (bicyclic) bond motifs is 2. The zero-order valence-corrected chi connectivity index (χ0v) is 24.1. The molecular weight excluding hydrogens is 532 g/mol. The average Bonchev–Trinajstić information content (AvgIpc) is 3.11. The second kappa shape index (κ2) is 11.1. The van der Waals surface area contributed by atoms with Crippen LogP contribution in [0.2, 0.25) is 0 Å². The van der Waals surface area contributed by atoms with Crippen molar-refractivity contribution in [1.82, 2.24) is 9.97 Å². The lowest BCUT2D eigenvalue weighted by Gasteiger charge is -2.18. The van der Waals surface area contributed by atoms with E-state index in [1.165, 1.54) is 54.9 Å². The number of nitrogens with zero attached hydrogens (tertiary/aromatic N) is 2. The van der Waals surface area contributed by atoms with Gasteiger partial charge < -0.3 is 0 Å². The molecular formula is C42H28N2. The molecule has 0 fully saturated rings. The van der Waals surface area contributed by atoms with Gasteiger partial charge in [-0.2, -0.15) is 0 Å². The van der Waals surface area contributed by atoms with E-state index in [-0.39, 0.29) is 0 Å². The summed E-state index contributed by atoms with van der Waals surface area (Å²) in [6.45, 7) is 0. The van der Waals surface area contributed by atoms with E-state index >= 15 is 0 Å². The lowest BCUT2D eigenvalue weighted by Crippen LogP contribution is -1.91. The van der Waals surface area contributed by atoms with Crippen molar-refractivity contribution >= 4 is 21.5 Å². The van der Waals surface area contributed by atoms with Crippen molar-refractivity contribution in [3.63, 3.8) is 0 Å². The van der Waals surface area contributed by atoms with Crippen LogP contribution in [0.3, 0.4) is 0 Å². The molecule has 0 saturated carbocycles. The predicted octanol–water partition coefficient (Wildman–Crippen LogP) is 11.1. The average molecular weight is 561 g/mol. The van der Waals surface area contributed by atoms with Crippen molar-refractivity contribution in [2.45, 2.75) is 0 Å². The third-order valence-corrected chi connectivity index (χ3v) is 8.41. The van der Waals surface area contributed by atoms with Gasteiger partial charge in [0, 0.05) is 18.0 Å². The Morgan fingerprint density at radius 1 is 0.295 bits per heavy atom. The smallest absolute Gasteiger partial charge is 0.0964 e. The van der Waals surface area contributed by atoms with Crippen LogP contribution in [0.1, 0.15) is 0 Å². The van der Waals surface area contributed by atoms with Crippen LogP contribution in [0.25, 0.3) is 77.4 Å². The van der Waals surface area contributed by atoms with E-state index < -0.39 is 0 Å². The molecule has 2 aromatic heterocycles. The molecule has 206 valence electrons. The zero-order chi connectivity index (χ0) is 29.3. The molecule has 0 bridgehead atoms. The number of hydrogen-bond acceptors (Lipinski definition) is 2. The van der Waals surface area contributed by atoms with Crippen molar-refractivity contribution in [2.24, 2.45) is 0 Å². The van der Waals surface area contributed by atoms with E-state index in [9.17, 15) is 0 Å². The Labute approximate surface area is 257 Å². The topological polar surface area (TPSA) is 25.8 Å². The molecule has 0 amide bonds. The minimum Gasteiger partial charge on any atom is -0.255 e. The van der Waals surface area contributed by atoms with E-state index in [4.69, 9.17) is 0 Å². The van der Waals surface area contributed by atoms with Gasteiger partial charge in [0.2, 0.25) is 0 Å². The fraction of sp³-hybridized carbons (Fsp3) is 0. The first kappa shape index (κ1) is 25.8. The van der Waals surface area contributed by atoms with Gasteiger partial charge in [0.25, 0.3) is 0 Å². The molecule has 2 heterocycles. The SMILES string of the molecule is c1ccc(-c2c3ccccc3c(-c3ccc(-c4ccc(-c5cccnc5-c5ccccn5)cc4)cc3)c3ccccc23)cc1. The van der Waals surface area contributed by atoms with Crippen LogP contribution in [0.15, 0.2) is 170 Å². The Morgan fingerprint density at radius 2 is 0.750 bits per heavy atom. The highest BCUT2D eigenvalue weighted by Crippen LogP contribution is 2.43. The minimum absolute atomic E-state index is 0.875. The van der Waals surface area contributed by atoms with Crippen LogP contribution in [0.4, 0.5) is 0 Å². The third-order valence-electron chi connectivity index (χ3n) is 8.41. The molecule has 0 aliphatic rings. The van der Waals surface area contributed by atoms with Gasteiger partial charge in [0.15, 0.2) is 0 Å². The molecule has 0 spiro atoms. The molecule has 8 aromatic rings. The quantitative estimate of drug-likeness (QED) is 0.196. The molecule has 8 rings (SSSR count). The second-order valence-corrected chi connectivity index (χ2v) is 11.0. The highest BCUT2D eigenvalue weighted by Gasteiger charge is 2.16. The molecule has 2 nitrogen and oxygen atoms in total. The van der Waals surface area contributed by atoms with Gasteiger partial charge in [0.1, 0.15) is 0 Å². The summed E-state index contributed by atoms with van der Waals surface area (Å²) >= 11 is 0. The molecule has 0 atom stereocenters. The maximum absolute atomic E-state index is 4.65. The number of hydrogen-bond donors (Lipinski definition) is 0. The molecule has 0 aliphatic heterocycles. The summed E-state index contributed by atoms with van der Waals surface area (Å²) in [6.07, 6.45) is 3.63. The van der Waals surface area contributed by atoms with Gasteiger partial charge in [-0.15, -0.1) is 0 Å². The van der Waals surface area contributed by atoms with Gasteiger partial charge in [0.05, 0.1) is 11.4 Å². The normalized spacial score (nSPS) is 11.2. The first-order valence-corrected chi connectivity index (χ1v) is 14.9. The van der Waals surface area contributed by atoms with Crippen molar-refractivity contribution in [3.8, 4) is 55.9 Å². The summed E-state index contributed by atoms with van der Waals surface area (Å²) in [5.41, 5.74) is 11.3. The summed E-state index contributed by atoms with van der Waals surface area (Å²) in [5, 5.41) is 5.07. The Morgan fingerprint density at radius 3 is 1.30 bits per heavy atom. The highest BCUT2D eigenvalue weighted by atomic mass is 14.8. The van der Waals surface area contributed by atoms with Crippen LogP contribution in [-0.2, 0) is 0 Å². The van der Waals surface area contributed by atoms with Crippen LogP contribution in [0, 0.1) is 0 Å². The number of aromatic nitrogens is 2. The molecule has 0 radical (unpaired) electrons. The molecule has 6 aromatic carbocycles. The molecule has 0 aliphatic carbocycles. The number of pyridine rings is 2. The lowest BCUT2D eigenvalue weighted by atomic mass is 9.86. The fourth-order valence-corrected chi connectivity index (χ4v) is 6.37. The Bertz CT molecular complexity index is 2180. The van der Waals surface area contributed by atoms with Crippen molar-refractivity contribution in [2.75, 3.05) is 0 Å². The monoisotopic (exact) mass is 560 g/mol. The van der Waals surface area contributed by atoms with E-state index in [1.54, 1.807) is 0 Å². The summed E-state index contributed by atoms with van der Waals surface area (Å²) < 4.78 is 0. The van der Waals surface area contributed by atoms with Crippen LogP contribution in [0.5, 0.6) is 0 Å². The number of benzene rings is 6. The molecule has 44 heavy (non-hydrogen) atoms. The predicted molar refractivity (Wildman–Crippen MR) is 184 cm³/mol. The van der Waals surface area contributed by atoms with Crippen molar-refractivity contribution in [1.29, 1.82) is 0 Å². The van der Waals surface area contributed by atoms with Gasteiger partial charge in [-0.05, 0) is 78.7 Å². The maximum Gasteiger partial charge on any atom is 0.0964 e. The van der Waals surface area contributed by atoms with Gasteiger partial charge in [-0.1, -0.05) is 140 Å². The Hall–Kier alpha value is -5.86. The Kier molecular flexibility index (Phi) is 6.51. The van der Waals surface area contributed by atoms with Gasteiger partial charge in [-0.3, -0.25) is 9.97 Å². The van der Waals surface area contributed by atoms with Crippen molar-refractivity contribution in [3.05, 3.63) is 170 Å². The summed E-state index contributed by atoms with van der Waals surface area (Å²) in [4.78, 5) is 9.18. The van der Waals surface area contributed by atoms with E-state index in [1.807, 2.05) is 36.7 Å². The van der Waals surface area contributed by atoms with Gasteiger partial charge >= 0.3 is 0 Å². The minimum atomic E-state index is 0.875. The maximum atomic E-state index is 4.65. The highest BCUT2D eigenvalue weighted by molar-refractivity contribution is 6.21. The second-order valence-electron chi connectivity index (χ2n) is 11.0. The third kappa shape index (κ3) is 4.54. The summed E-state index contributed by atoms with van der Waals surface area (Å²) in [5.74, 6) is 0. The van der Waals surface area contributed by atoms with Crippen LogP contribution in [-0.4, -0.2) is 9.97 Å². The molecule has 0 unspecified atom stereocenters. The van der Waals surface area contributed by atoms with E-state index in [0.29, 0.717) is 0 Å². The van der Waals surface area contributed by atoms with Crippen LogP contribution >= 0.6 is 0 Å². The summed E-state index contributed by atoms with van der Waals surface area (Å²) in [6, 6.07) is 56.1. The lowest BCUT2D eigenvalue weighted by molar-refractivity contribution is 1.25. The Balaban J connectivity index is 1.19. The summed E-state index contributed by atoms with van der Waals surface area (Å²) in [7, 11) is 0. The number of rotatable bonds is 5. The van der Waals surface area contributed by atoms with Crippen LogP contribution < -0.4 is 0 Å². The fourth-order valence-electron chi connectivity index (χ4n) is 6.37. The van der Waals surface area contributed by atoms with Gasteiger partial charge in [-0.25, -0.2) is 0 Å². The van der Waals surface area contributed by atoms with E-state index in [0.717, 1.165) is 22.5 Å². The first-order chi connectivity index (χ1) is 21.8. The van der Waals surface area contributed by atoms with Crippen molar-refractivity contribution < 1.29 is 0 Å². The standard InChI is InChI=1S/C42H28N2/c1-2-11-32(12-3-1)40-35-13-4-6-15-37(35)41(38-16-7-5-14-36(38)40)33-25-21-30(22-26-33)29-19-23-31(24-20-29)34-17-10-28-44-42(34)39-18-8-9-27-43-39/h1-28H. The largest absolute Gasteiger partial charge is 0.255 e. The zero-order valence-electron chi connectivity index (χ0n) is 24.1. The first-order valence-electron chi connectivity index (χ1n) is 14.9.